The van der Waals surface area contributed by atoms with E-state index in [0.717, 1.165) is 0 Å². The topological polar surface area (TPSA) is 20.3 Å². The molecule has 0 saturated heterocycles. The van der Waals surface area contributed by atoms with E-state index in [1.807, 2.05) is 13.8 Å². The second kappa shape index (κ2) is 6.46. The Morgan fingerprint density at radius 3 is 2.08 bits per heavy atom. The number of rotatable bonds is 6. The lowest BCUT2D eigenvalue weighted by atomic mass is 10.1. The van der Waals surface area contributed by atoms with Gasteiger partial charge in [-0.1, -0.05) is 26.0 Å². The summed E-state index contributed by atoms with van der Waals surface area (Å²) in [5.41, 5.74) is 0. The summed E-state index contributed by atoms with van der Waals surface area (Å²) in [5.74, 6) is 0.583. The van der Waals surface area contributed by atoms with Gasteiger partial charge >= 0.3 is 0 Å². The fourth-order valence-electron chi connectivity index (χ4n) is 1.07. The van der Waals surface area contributed by atoms with Crippen LogP contribution in [0.2, 0.25) is 0 Å². The van der Waals surface area contributed by atoms with Gasteiger partial charge in [0.15, 0.2) is 0 Å². The molecule has 0 unspecified atom stereocenters. The smallest absolute Gasteiger partial charge is 0.223 e. The van der Waals surface area contributed by atoms with E-state index in [9.17, 15) is 4.79 Å². The van der Waals surface area contributed by atoms with Gasteiger partial charge in [-0.2, -0.15) is 0 Å². The number of nitrogens with zero attached hydrogens (tertiary/aromatic N) is 1. The molecule has 0 fully saturated rings. The molecule has 2 nitrogen and oxygen atoms in total. The molecule has 0 atom stereocenters. The molecule has 0 rings (SSSR count). The predicted octanol–water partition coefficient (Wildman–Crippen LogP) is 2.23. The molecule has 0 aliphatic carbocycles. The first-order chi connectivity index (χ1) is 6.11. The third-order valence-electron chi connectivity index (χ3n) is 1.63. The van der Waals surface area contributed by atoms with Crippen LogP contribution in [0, 0.1) is 5.92 Å². The van der Waals surface area contributed by atoms with E-state index in [2.05, 4.69) is 13.2 Å². The molecule has 0 aliphatic heterocycles. The van der Waals surface area contributed by atoms with Crippen molar-refractivity contribution < 1.29 is 4.79 Å². The van der Waals surface area contributed by atoms with Crippen LogP contribution in [0.25, 0.3) is 0 Å². The summed E-state index contributed by atoms with van der Waals surface area (Å²) in [6, 6.07) is 0. The second-order valence-corrected chi connectivity index (χ2v) is 3.47. The van der Waals surface area contributed by atoms with Crippen LogP contribution in [0.3, 0.4) is 0 Å². The Morgan fingerprint density at radius 1 is 1.31 bits per heavy atom. The molecular weight excluding hydrogens is 162 g/mol. The van der Waals surface area contributed by atoms with Crippen molar-refractivity contribution in [1.82, 2.24) is 4.90 Å². The van der Waals surface area contributed by atoms with Gasteiger partial charge in [0.2, 0.25) is 5.91 Å². The minimum absolute atomic E-state index is 0.176. The summed E-state index contributed by atoms with van der Waals surface area (Å²) in [7, 11) is 0. The fraction of sp³-hybridized carbons (Fsp3) is 0.545. The van der Waals surface area contributed by atoms with E-state index in [1.165, 1.54) is 0 Å². The van der Waals surface area contributed by atoms with Gasteiger partial charge in [-0.25, -0.2) is 0 Å². The second-order valence-electron chi connectivity index (χ2n) is 3.47. The predicted molar refractivity (Wildman–Crippen MR) is 56.4 cm³/mol. The Morgan fingerprint density at radius 2 is 1.77 bits per heavy atom. The molecule has 74 valence electrons. The molecule has 0 aromatic carbocycles. The summed E-state index contributed by atoms with van der Waals surface area (Å²) < 4.78 is 0. The van der Waals surface area contributed by atoms with Gasteiger partial charge in [0, 0.05) is 19.5 Å². The average molecular weight is 181 g/mol. The highest BCUT2D eigenvalue weighted by molar-refractivity contribution is 5.76. The lowest BCUT2D eigenvalue weighted by Gasteiger charge is -2.20. The van der Waals surface area contributed by atoms with Gasteiger partial charge in [0.25, 0.3) is 0 Å². The van der Waals surface area contributed by atoms with Crippen LogP contribution in [-0.4, -0.2) is 23.9 Å². The highest BCUT2D eigenvalue weighted by Crippen LogP contribution is 2.04. The van der Waals surface area contributed by atoms with Crippen LogP contribution in [0.4, 0.5) is 0 Å². The van der Waals surface area contributed by atoms with Crippen LogP contribution in [0.15, 0.2) is 25.3 Å². The zero-order valence-electron chi connectivity index (χ0n) is 8.62. The molecule has 0 radical (unpaired) electrons. The fourth-order valence-corrected chi connectivity index (χ4v) is 1.07. The number of amides is 1. The molecule has 0 heterocycles. The molecule has 0 aromatic heterocycles. The third-order valence-corrected chi connectivity index (χ3v) is 1.63. The van der Waals surface area contributed by atoms with Crippen molar-refractivity contribution >= 4 is 5.91 Å². The molecule has 0 aliphatic rings. The van der Waals surface area contributed by atoms with E-state index in [0.29, 0.717) is 25.4 Å². The molecule has 0 bridgehead atoms. The standard InChI is InChI=1S/C11H19NO/c1-5-7-12(8-6-2)11(13)9-10(3)4/h5-6,10H,1-2,7-9H2,3-4H3. The summed E-state index contributed by atoms with van der Waals surface area (Å²) in [4.78, 5) is 13.3. The number of hydrogen-bond acceptors (Lipinski definition) is 1. The summed E-state index contributed by atoms with van der Waals surface area (Å²) >= 11 is 0. The molecule has 2 heteroatoms. The van der Waals surface area contributed by atoms with Crippen molar-refractivity contribution in [2.75, 3.05) is 13.1 Å². The minimum Gasteiger partial charge on any atom is -0.335 e. The molecule has 0 saturated carbocycles. The van der Waals surface area contributed by atoms with Gasteiger partial charge in [0.1, 0.15) is 0 Å². The van der Waals surface area contributed by atoms with Crippen molar-refractivity contribution in [3.05, 3.63) is 25.3 Å². The van der Waals surface area contributed by atoms with Crippen molar-refractivity contribution in [2.45, 2.75) is 20.3 Å². The van der Waals surface area contributed by atoms with Crippen molar-refractivity contribution in [3.8, 4) is 0 Å². The maximum atomic E-state index is 11.6. The van der Waals surface area contributed by atoms with Gasteiger partial charge in [-0.05, 0) is 5.92 Å². The van der Waals surface area contributed by atoms with Crippen LogP contribution in [0.1, 0.15) is 20.3 Å². The zero-order chi connectivity index (χ0) is 10.3. The Balaban J connectivity index is 4.09. The average Bonchev–Trinajstić information content (AvgIpc) is 2.02. The molecule has 0 N–H and O–H groups in total. The lowest BCUT2D eigenvalue weighted by Crippen LogP contribution is -2.31. The van der Waals surface area contributed by atoms with E-state index >= 15 is 0 Å². The third kappa shape index (κ3) is 5.23. The molecular formula is C11H19NO. The first-order valence-electron chi connectivity index (χ1n) is 4.61. The largest absolute Gasteiger partial charge is 0.335 e. The molecule has 13 heavy (non-hydrogen) atoms. The lowest BCUT2D eigenvalue weighted by molar-refractivity contribution is -0.130. The van der Waals surface area contributed by atoms with Crippen molar-refractivity contribution in [1.29, 1.82) is 0 Å². The SMILES string of the molecule is C=CCN(CC=C)C(=O)CC(C)C. The Kier molecular flexibility index (Phi) is 5.94. The number of carbonyl (C=O) groups excluding carboxylic acids is 1. The van der Waals surface area contributed by atoms with E-state index in [-0.39, 0.29) is 5.91 Å². The quantitative estimate of drug-likeness (QED) is 0.575. The number of hydrogen-bond donors (Lipinski definition) is 0. The normalized spacial score (nSPS) is 9.77. The van der Waals surface area contributed by atoms with Crippen molar-refractivity contribution in [2.24, 2.45) is 5.92 Å². The maximum Gasteiger partial charge on any atom is 0.223 e. The monoisotopic (exact) mass is 181 g/mol. The van der Waals surface area contributed by atoms with E-state index < -0.39 is 0 Å². The van der Waals surface area contributed by atoms with E-state index in [4.69, 9.17) is 0 Å². The van der Waals surface area contributed by atoms with Gasteiger partial charge in [0.05, 0.1) is 0 Å². The number of carbonyl (C=O) groups is 1. The molecule has 1 amide bonds. The highest BCUT2D eigenvalue weighted by atomic mass is 16.2. The highest BCUT2D eigenvalue weighted by Gasteiger charge is 2.11. The Hall–Kier alpha value is -1.05. The van der Waals surface area contributed by atoms with Gasteiger partial charge in [-0.15, -0.1) is 13.2 Å². The molecule has 0 aromatic rings. The van der Waals surface area contributed by atoms with Crippen LogP contribution < -0.4 is 0 Å². The van der Waals surface area contributed by atoms with Crippen LogP contribution in [0.5, 0.6) is 0 Å². The zero-order valence-corrected chi connectivity index (χ0v) is 8.62. The Bertz CT molecular complexity index is 175. The summed E-state index contributed by atoms with van der Waals surface area (Å²) in [5, 5.41) is 0. The minimum atomic E-state index is 0.176. The van der Waals surface area contributed by atoms with Crippen LogP contribution in [-0.2, 0) is 4.79 Å². The summed E-state index contributed by atoms with van der Waals surface area (Å²) in [6.45, 7) is 12.5. The Labute approximate surface area is 80.9 Å². The first kappa shape index (κ1) is 11.9. The first-order valence-corrected chi connectivity index (χ1v) is 4.61. The van der Waals surface area contributed by atoms with Gasteiger partial charge < -0.3 is 4.90 Å². The van der Waals surface area contributed by atoms with E-state index in [1.54, 1.807) is 17.1 Å². The molecule has 0 spiro atoms. The van der Waals surface area contributed by atoms with Crippen molar-refractivity contribution in [3.63, 3.8) is 0 Å². The van der Waals surface area contributed by atoms with Crippen LogP contribution >= 0.6 is 0 Å². The van der Waals surface area contributed by atoms with Gasteiger partial charge in [-0.3, -0.25) is 4.79 Å². The summed E-state index contributed by atoms with van der Waals surface area (Å²) in [6.07, 6.45) is 4.07. The maximum absolute atomic E-state index is 11.6.